The minimum atomic E-state index is -0.0532. The Morgan fingerprint density at radius 3 is 0.857 bits per heavy atom. The maximum Gasteiger partial charge on any atom is 0.247 e. The Morgan fingerprint density at radius 1 is 0.476 bits per heavy atom. The van der Waals surface area contributed by atoms with E-state index < -0.39 is 0 Å². The van der Waals surface area contributed by atoms with Crippen molar-refractivity contribution in [2.24, 2.45) is 0 Å². The summed E-state index contributed by atoms with van der Waals surface area (Å²) in [6.07, 6.45) is 4.80. The summed E-state index contributed by atoms with van der Waals surface area (Å²) in [6.45, 7) is 0. The zero-order valence-corrected chi connectivity index (χ0v) is 11.2. The standard InChI is InChI=1S/3C5H5NO/c3*7-5-3-1-2-4-6-5/h3*1-4H,(H,6,7). The van der Waals surface area contributed by atoms with Crippen LogP contribution in [0.2, 0.25) is 0 Å². The summed E-state index contributed by atoms with van der Waals surface area (Å²) < 4.78 is 0. The van der Waals surface area contributed by atoms with E-state index in [9.17, 15) is 14.4 Å². The summed E-state index contributed by atoms with van der Waals surface area (Å²) in [7, 11) is 0. The Morgan fingerprint density at radius 2 is 0.762 bits per heavy atom. The van der Waals surface area contributed by atoms with Crippen molar-refractivity contribution in [2.45, 2.75) is 0 Å². The Kier molecular flexibility index (Phi) is 7.38. The number of rotatable bonds is 0. The summed E-state index contributed by atoms with van der Waals surface area (Å²) in [5.74, 6) is 0. The highest BCUT2D eigenvalue weighted by Crippen LogP contribution is 1.68. The molecule has 0 unspecified atom stereocenters. The third kappa shape index (κ3) is 8.55. The van der Waals surface area contributed by atoms with Crippen molar-refractivity contribution in [2.75, 3.05) is 0 Å². The molecule has 108 valence electrons. The highest BCUT2D eigenvalue weighted by Gasteiger charge is 1.70. The van der Waals surface area contributed by atoms with Crippen LogP contribution in [0.15, 0.2) is 87.6 Å². The van der Waals surface area contributed by atoms with E-state index in [1.807, 2.05) is 0 Å². The topological polar surface area (TPSA) is 98.6 Å². The molecule has 0 amide bonds. The Bertz CT molecular complexity index is 630. The molecule has 21 heavy (non-hydrogen) atoms. The molecule has 0 aliphatic heterocycles. The largest absolute Gasteiger partial charge is 0.329 e. The lowest BCUT2D eigenvalue weighted by molar-refractivity contribution is 1.24. The normalized spacial score (nSPS) is 8.57. The second-order valence-electron chi connectivity index (χ2n) is 3.68. The van der Waals surface area contributed by atoms with Crippen molar-refractivity contribution in [1.29, 1.82) is 0 Å². The summed E-state index contributed by atoms with van der Waals surface area (Å²) >= 11 is 0. The fourth-order valence-corrected chi connectivity index (χ4v) is 1.13. The van der Waals surface area contributed by atoms with E-state index in [0.29, 0.717) is 0 Å². The first-order valence-electron chi connectivity index (χ1n) is 6.09. The van der Waals surface area contributed by atoms with Gasteiger partial charge in [0, 0.05) is 36.8 Å². The van der Waals surface area contributed by atoms with Crippen LogP contribution in [-0.2, 0) is 0 Å². The van der Waals surface area contributed by atoms with Gasteiger partial charge < -0.3 is 15.0 Å². The molecule has 3 rings (SSSR count). The van der Waals surface area contributed by atoms with E-state index in [4.69, 9.17) is 0 Å². The van der Waals surface area contributed by atoms with Crippen LogP contribution in [0.1, 0.15) is 0 Å². The van der Waals surface area contributed by atoms with Gasteiger partial charge in [0.25, 0.3) is 0 Å². The molecule has 6 nitrogen and oxygen atoms in total. The Labute approximate surface area is 120 Å². The molecule has 3 N–H and O–H groups in total. The molecule has 0 fully saturated rings. The first kappa shape index (κ1) is 15.9. The van der Waals surface area contributed by atoms with Crippen LogP contribution in [0, 0.1) is 0 Å². The van der Waals surface area contributed by atoms with Gasteiger partial charge >= 0.3 is 0 Å². The lowest BCUT2D eigenvalue weighted by Crippen LogP contribution is -1.98. The van der Waals surface area contributed by atoms with Crippen LogP contribution in [0.25, 0.3) is 0 Å². The summed E-state index contributed by atoms with van der Waals surface area (Å²) in [5.41, 5.74) is -0.160. The highest BCUT2D eigenvalue weighted by atomic mass is 16.1. The van der Waals surface area contributed by atoms with Gasteiger partial charge in [-0.2, -0.15) is 0 Å². The van der Waals surface area contributed by atoms with Crippen LogP contribution in [0.5, 0.6) is 0 Å². The minimum absolute atomic E-state index is 0.0532. The number of aromatic amines is 3. The van der Waals surface area contributed by atoms with Crippen LogP contribution in [0.3, 0.4) is 0 Å². The van der Waals surface area contributed by atoms with Gasteiger partial charge in [0.15, 0.2) is 0 Å². The number of H-pyrrole nitrogens is 3. The van der Waals surface area contributed by atoms with E-state index in [2.05, 4.69) is 15.0 Å². The third-order valence-corrected chi connectivity index (χ3v) is 2.04. The lowest BCUT2D eigenvalue weighted by Gasteiger charge is -1.73. The molecule has 0 spiro atoms. The zero-order valence-electron chi connectivity index (χ0n) is 11.2. The molecule has 0 saturated carbocycles. The summed E-state index contributed by atoms with van der Waals surface area (Å²) in [5, 5.41) is 0. The van der Waals surface area contributed by atoms with Crippen molar-refractivity contribution in [1.82, 2.24) is 15.0 Å². The van der Waals surface area contributed by atoms with Crippen LogP contribution in [-0.4, -0.2) is 15.0 Å². The molecule has 0 bridgehead atoms. The van der Waals surface area contributed by atoms with Crippen LogP contribution >= 0.6 is 0 Å². The van der Waals surface area contributed by atoms with Gasteiger partial charge in [-0.1, -0.05) is 18.2 Å². The molecule has 3 heterocycles. The molecule has 6 heteroatoms. The SMILES string of the molecule is O=c1cccc[nH]1.O=c1cccc[nH]1.O=c1cccc[nH]1. The van der Waals surface area contributed by atoms with E-state index in [0.717, 1.165) is 0 Å². The molecule has 3 aromatic rings. The second-order valence-corrected chi connectivity index (χ2v) is 3.68. The van der Waals surface area contributed by atoms with Gasteiger partial charge in [-0.25, -0.2) is 0 Å². The lowest BCUT2D eigenvalue weighted by atomic mass is 10.5. The molecule has 0 atom stereocenters. The van der Waals surface area contributed by atoms with Crippen LogP contribution < -0.4 is 16.7 Å². The summed E-state index contributed by atoms with van der Waals surface area (Å²) in [4.78, 5) is 38.1. The molecule has 0 aliphatic carbocycles. The minimum Gasteiger partial charge on any atom is -0.329 e. The average Bonchev–Trinajstić information content (AvgIpc) is 2.51. The molecule has 0 aromatic carbocycles. The smallest absolute Gasteiger partial charge is 0.247 e. The zero-order chi connectivity index (χ0) is 15.3. The quantitative estimate of drug-likeness (QED) is 0.577. The molecule has 3 aromatic heterocycles. The van der Waals surface area contributed by atoms with E-state index in [-0.39, 0.29) is 16.7 Å². The van der Waals surface area contributed by atoms with E-state index in [1.54, 1.807) is 55.0 Å². The predicted octanol–water partition coefficient (Wildman–Crippen LogP) is 1.12. The number of aromatic nitrogens is 3. The number of hydrogen-bond donors (Lipinski definition) is 3. The van der Waals surface area contributed by atoms with Gasteiger partial charge in [-0.05, 0) is 18.2 Å². The summed E-state index contributed by atoms with van der Waals surface area (Å²) in [6, 6.07) is 14.8. The van der Waals surface area contributed by atoms with Crippen molar-refractivity contribution in [3.05, 3.63) is 104 Å². The van der Waals surface area contributed by atoms with E-state index >= 15 is 0 Å². The van der Waals surface area contributed by atoms with Gasteiger partial charge in [0.2, 0.25) is 16.7 Å². The Hall–Kier alpha value is -3.15. The second kappa shape index (κ2) is 9.74. The first-order chi connectivity index (χ1) is 10.2. The maximum absolute atomic E-state index is 10.2. The van der Waals surface area contributed by atoms with E-state index in [1.165, 1.54) is 18.2 Å². The van der Waals surface area contributed by atoms with Crippen molar-refractivity contribution in [3.63, 3.8) is 0 Å². The molecule has 0 aliphatic rings. The molecule has 0 radical (unpaired) electrons. The van der Waals surface area contributed by atoms with Crippen molar-refractivity contribution >= 4 is 0 Å². The van der Waals surface area contributed by atoms with Crippen molar-refractivity contribution < 1.29 is 0 Å². The third-order valence-electron chi connectivity index (χ3n) is 2.04. The number of nitrogens with one attached hydrogen (secondary N) is 3. The van der Waals surface area contributed by atoms with Gasteiger partial charge in [0.05, 0.1) is 0 Å². The average molecular weight is 285 g/mol. The fourth-order valence-electron chi connectivity index (χ4n) is 1.13. The van der Waals surface area contributed by atoms with Gasteiger partial charge in [0.1, 0.15) is 0 Å². The Balaban J connectivity index is 0.000000157. The monoisotopic (exact) mass is 285 g/mol. The van der Waals surface area contributed by atoms with Crippen molar-refractivity contribution in [3.8, 4) is 0 Å². The van der Waals surface area contributed by atoms with Gasteiger partial charge in [-0.3, -0.25) is 14.4 Å². The highest BCUT2D eigenvalue weighted by molar-refractivity contribution is 4.90. The first-order valence-corrected chi connectivity index (χ1v) is 6.09. The predicted molar refractivity (Wildman–Crippen MR) is 81.2 cm³/mol. The van der Waals surface area contributed by atoms with Crippen LogP contribution in [0.4, 0.5) is 0 Å². The fraction of sp³-hybridized carbons (Fsp3) is 0. The number of pyridine rings is 3. The maximum atomic E-state index is 10.2. The molecular weight excluding hydrogens is 270 g/mol. The number of hydrogen-bond acceptors (Lipinski definition) is 3. The molecule has 0 saturated heterocycles. The molecular formula is C15H15N3O3. The van der Waals surface area contributed by atoms with Gasteiger partial charge in [-0.15, -0.1) is 0 Å².